The maximum atomic E-state index is 11.9. The summed E-state index contributed by atoms with van der Waals surface area (Å²) in [4.78, 5) is 0. The normalized spacial score (nSPS) is 16.2. The first-order valence-corrected chi connectivity index (χ1v) is 15.7. The van der Waals surface area contributed by atoms with E-state index in [-0.39, 0.29) is 12.8 Å². The van der Waals surface area contributed by atoms with Crippen LogP contribution in [0.2, 0.25) is 10.0 Å². The van der Waals surface area contributed by atoms with Crippen molar-refractivity contribution in [3.8, 4) is 11.5 Å². The number of sulfonamides is 1. The van der Waals surface area contributed by atoms with Crippen LogP contribution in [0.5, 0.6) is 11.5 Å². The van der Waals surface area contributed by atoms with Gasteiger partial charge >= 0.3 is 0 Å². The molecule has 1 aliphatic heterocycles. The number of benzene rings is 2. The summed E-state index contributed by atoms with van der Waals surface area (Å²) in [5, 5.41) is 5.42. The Labute approximate surface area is 244 Å². The van der Waals surface area contributed by atoms with Crippen LogP contribution in [0, 0.1) is 0 Å². The van der Waals surface area contributed by atoms with Crippen LogP contribution >= 0.6 is 34.8 Å². The molecule has 1 fully saturated rings. The Balaban J connectivity index is 1.49. The summed E-state index contributed by atoms with van der Waals surface area (Å²) in [6, 6.07) is 11.4. The Morgan fingerprint density at radius 2 is 1.79 bits per heavy atom. The second kappa shape index (κ2) is 12.6. The van der Waals surface area contributed by atoms with Crippen molar-refractivity contribution < 1.29 is 22.6 Å². The van der Waals surface area contributed by atoms with Crippen LogP contribution in [0.1, 0.15) is 56.2 Å². The highest BCUT2D eigenvalue weighted by Crippen LogP contribution is 2.40. The summed E-state index contributed by atoms with van der Waals surface area (Å²) in [6.07, 6.45) is 5.38. The van der Waals surface area contributed by atoms with Crippen LogP contribution in [0.4, 0.5) is 5.69 Å². The standard InChI is InChI=1S/C27H32Cl3N3O5S/c1-27(2,19-14-21(29)26(22(30)15-19)37-13-11-28)18-7-9-20(10-8-18)38-17-24-23(32-39(3,34)35)16-33(31-24)25-6-4-5-12-36-25/h7-10,14-16,25,32H,4-6,11-13,17H2,1-3H3. The number of nitrogens with zero attached hydrogens (tertiary/aromatic N) is 2. The predicted octanol–water partition coefficient (Wildman–Crippen LogP) is 6.78. The Kier molecular flexibility index (Phi) is 9.60. The predicted molar refractivity (Wildman–Crippen MR) is 155 cm³/mol. The Bertz CT molecular complexity index is 1370. The van der Waals surface area contributed by atoms with Crippen LogP contribution < -0.4 is 14.2 Å². The van der Waals surface area contributed by atoms with Crippen molar-refractivity contribution in [2.45, 2.75) is 51.4 Å². The number of halogens is 3. The second-order valence-electron chi connectivity index (χ2n) is 9.91. The molecule has 2 heterocycles. The van der Waals surface area contributed by atoms with Crippen LogP contribution in [0.25, 0.3) is 0 Å². The molecule has 8 nitrogen and oxygen atoms in total. The smallest absolute Gasteiger partial charge is 0.229 e. The van der Waals surface area contributed by atoms with Gasteiger partial charge in [-0.15, -0.1) is 11.6 Å². The maximum Gasteiger partial charge on any atom is 0.229 e. The summed E-state index contributed by atoms with van der Waals surface area (Å²) in [6.45, 7) is 5.19. The van der Waals surface area contributed by atoms with Gasteiger partial charge in [0.15, 0.2) is 5.75 Å². The average Bonchev–Trinajstić information content (AvgIpc) is 3.28. The first-order valence-electron chi connectivity index (χ1n) is 12.6. The molecule has 39 heavy (non-hydrogen) atoms. The Morgan fingerprint density at radius 3 is 2.38 bits per heavy atom. The topological polar surface area (TPSA) is 91.7 Å². The second-order valence-corrected chi connectivity index (χ2v) is 12.9. The molecule has 12 heteroatoms. The Morgan fingerprint density at radius 1 is 1.10 bits per heavy atom. The van der Waals surface area contributed by atoms with E-state index in [1.807, 2.05) is 36.4 Å². The molecule has 1 aromatic heterocycles. The van der Waals surface area contributed by atoms with E-state index in [1.165, 1.54) is 0 Å². The first kappa shape index (κ1) is 29.8. The largest absolute Gasteiger partial charge is 0.489 e. The third-order valence-electron chi connectivity index (χ3n) is 6.55. The molecule has 2 aromatic carbocycles. The lowest BCUT2D eigenvalue weighted by atomic mass is 9.78. The zero-order valence-corrected chi connectivity index (χ0v) is 25.1. The highest BCUT2D eigenvalue weighted by molar-refractivity contribution is 7.92. The summed E-state index contributed by atoms with van der Waals surface area (Å²) in [5.74, 6) is 1.37. The lowest BCUT2D eigenvalue weighted by Crippen LogP contribution is -2.19. The fourth-order valence-corrected chi connectivity index (χ4v) is 5.63. The molecule has 1 unspecified atom stereocenters. The van der Waals surface area contributed by atoms with Crippen LogP contribution in [0.15, 0.2) is 42.6 Å². The number of ether oxygens (including phenoxy) is 3. The lowest BCUT2D eigenvalue weighted by molar-refractivity contribution is -0.0397. The summed E-state index contributed by atoms with van der Waals surface area (Å²) < 4.78 is 45.4. The molecule has 1 aliphatic rings. The molecule has 1 atom stereocenters. The van der Waals surface area contributed by atoms with Gasteiger partial charge in [0.05, 0.1) is 34.1 Å². The molecule has 1 saturated heterocycles. The van der Waals surface area contributed by atoms with E-state index in [0.717, 1.165) is 36.6 Å². The van der Waals surface area contributed by atoms with E-state index >= 15 is 0 Å². The van der Waals surface area contributed by atoms with Crippen molar-refractivity contribution >= 4 is 50.5 Å². The molecule has 0 amide bonds. The first-order chi connectivity index (χ1) is 18.5. The number of alkyl halides is 1. The highest BCUT2D eigenvalue weighted by Gasteiger charge is 2.26. The molecule has 3 aromatic rings. The monoisotopic (exact) mass is 615 g/mol. The van der Waals surface area contributed by atoms with Crippen molar-refractivity contribution in [3.63, 3.8) is 0 Å². The molecule has 4 rings (SSSR count). The maximum absolute atomic E-state index is 11.9. The minimum atomic E-state index is -3.49. The molecule has 1 N–H and O–H groups in total. The molecule has 0 aliphatic carbocycles. The van der Waals surface area contributed by atoms with Gasteiger partial charge in [0.25, 0.3) is 0 Å². The van der Waals surface area contributed by atoms with E-state index in [9.17, 15) is 8.42 Å². The minimum absolute atomic E-state index is 0.0787. The van der Waals surface area contributed by atoms with Crippen LogP contribution in [-0.2, 0) is 26.8 Å². The number of hydrogen-bond acceptors (Lipinski definition) is 6. The van der Waals surface area contributed by atoms with Gasteiger partial charge in [0.2, 0.25) is 10.0 Å². The van der Waals surface area contributed by atoms with Crippen molar-refractivity contribution in [1.29, 1.82) is 0 Å². The van der Waals surface area contributed by atoms with Crippen LogP contribution in [0.3, 0.4) is 0 Å². The van der Waals surface area contributed by atoms with Crippen molar-refractivity contribution in [1.82, 2.24) is 9.78 Å². The van der Waals surface area contributed by atoms with Crippen molar-refractivity contribution in [2.24, 2.45) is 0 Å². The van der Waals surface area contributed by atoms with Gasteiger partial charge in [-0.1, -0.05) is 49.2 Å². The zero-order valence-electron chi connectivity index (χ0n) is 22.0. The van der Waals surface area contributed by atoms with Gasteiger partial charge < -0.3 is 14.2 Å². The van der Waals surface area contributed by atoms with Gasteiger partial charge in [-0.3, -0.25) is 4.72 Å². The van der Waals surface area contributed by atoms with E-state index in [2.05, 4.69) is 23.7 Å². The number of aromatic nitrogens is 2. The van der Waals surface area contributed by atoms with Gasteiger partial charge in [-0.05, 0) is 54.7 Å². The molecule has 0 bridgehead atoms. The minimum Gasteiger partial charge on any atom is -0.489 e. The van der Waals surface area contributed by atoms with Crippen molar-refractivity contribution in [2.75, 3.05) is 30.1 Å². The van der Waals surface area contributed by atoms with Gasteiger partial charge in [0, 0.05) is 12.0 Å². The fraction of sp³-hybridized carbons (Fsp3) is 0.444. The number of anilines is 1. The number of nitrogens with one attached hydrogen (secondary N) is 1. The van der Waals surface area contributed by atoms with Crippen LogP contribution in [-0.4, -0.2) is 43.5 Å². The van der Waals surface area contributed by atoms with Gasteiger partial charge in [0.1, 0.15) is 30.9 Å². The van der Waals surface area contributed by atoms with E-state index in [0.29, 0.717) is 52.0 Å². The molecular weight excluding hydrogens is 585 g/mol. The molecular formula is C27H32Cl3N3O5S. The fourth-order valence-electron chi connectivity index (χ4n) is 4.39. The molecule has 0 spiro atoms. The zero-order chi connectivity index (χ0) is 28.2. The van der Waals surface area contributed by atoms with Gasteiger partial charge in [-0.2, -0.15) is 5.10 Å². The summed E-state index contributed by atoms with van der Waals surface area (Å²) in [5.41, 5.74) is 2.38. The molecule has 0 saturated carbocycles. The van der Waals surface area contributed by atoms with Gasteiger partial charge in [-0.25, -0.2) is 13.1 Å². The molecule has 0 radical (unpaired) electrons. The molecule has 212 valence electrons. The summed E-state index contributed by atoms with van der Waals surface area (Å²) >= 11 is 18.6. The van der Waals surface area contributed by atoms with E-state index in [4.69, 9.17) is 49.0 Å². The number of rotatable bonds is 11. The average molecular weight is 617 g/mol. The van der Waals surface area contributed by atoms with E-state index < -0.39 is 15.4 Å². The third kappa shape index (κ3) is 7.52. The SMILES string of the molecule is CC(C)(c1ccc(OCc2nn(C3CCCCO3)cc2NS(C)(=O)=O)cc1)c1cc(Cl)c(OCCCl)c(Cl)c1. The lowest BCUT2D eigenvalue weighted by Gasteiger charge is -2.27. The third-order valence-corrected chi connectivity index (χ3v) is 7.86. The van der Waals surface area contributed by atoms with Crippen molar-refractivity contribution in [3.05, 3.63) is 69.5 Å². The number of hydrogen-bond donors (Lipinski definition) is 1. The van der Waals surface area contributed by atoms with E-state index in [1.54, 1.807) is 10.9 Å². The Hall–Kier alpha value is -2.17. The quantitative estimate of drug-likeness (QED) is 0.239. The highest BCUT2D eigenvalue weighted by atomic mass is 35.5. The summed E-state index contributed by atoms with van der Waals surface area (Å²) in [7, 11) is -3.49.